The number of thioether (sulfide) groups is 1. The molecule has 1 aromatic heterocycles. The molecule has 0 aliphatic carbocycles. The summed E-state index contributed by atoms with van der Waals surface area (Å²) in [7, 11) is 0. The highest BCUT2D eigenvalue weighted by molar-refractivity contribution is 8.09. The minimum Gasteiger partial charge on any atom is -0.444 e. The van der Waals surface area contributed by atoms with Crippen molar-refractivity contribution in [1.29, 1.82) is 0 Å². The van der Waals surface area contributed by atoms with Crippen LogP contribution in [0.25, 0.3) is 0 Å². The number of rotatable bonds is 4. The largest absolute Gasteiger partial charge is 0.444 e. The first-order valence-electron chi connectivity index (χ1n) is 7.56. The molecule has 0 N–H and O–H groups in total. The molecule has 1 amide bonds. The van der Waals surface area contributed by atoms with Crippen LogP contribution in [0.3, 0.4) is 0 Å². The quantitative estimate of drug-likeness (QED) is 0.661. The Kier molecular flexibility index (Phi) is 6.22. The Hall–Kier alpha value is -0.920. The number of fused-ring (bicyclic) bond motifs is 1. The summed E-state index contributed by atoms with van der Waals surface area (Å²) in [6.07, 6.45) is 2.41. The van der Waals surface area contributed by atoms with E-state index in [0.29, 0.717) is 19.7 Å². The highest BCUT2D eigenvalue weighted by atomic mass is 32.2. The summed E-state index contributed by atoms with van der Waals surface area (Å²) in [6, 6.07) is 3.96. The molecule has 1 unspecified atom stereocenters. The van der Waals surface area contributed by atoms with Crippen molar-refractivity contribution in [3.63, 3.8) is 0 Å². The fourth-order valence-electron chi connectivity index (χ4n) is 2.25. The molecule has 0 aromatic carbocycles. The van der Waals surface area contributed by atoms with Gasteiger partial charge in [-0.05, 0) is 38.7 Å². The maximum Gasteiger partial charge on any atom is 0.410 e. The number of pyridine rings is 1. The van der Waals surface area contributed by atoms with Gasteiger partial charge in [0.15, 0.2) is 0 Å². The molecule has 1 aliphatic heterocycles. The highest BCUT2D eigenvalue weighted by Crippen LogP contribution is 2.21. The fourth-order valence-corrected chi connectivity index (χ4v) is 2.53. The van der Waals surface area contributed by atoms with Gasteiger partial charge in [0.2, 0.25) is 0 Å². The Morgan fingerprint density at radius 3 is 2.87 bits per heavy atom. The number of ether oxygens (including phenoxy) is 2. The van der Waals surface area contributed by atoms with Gasteiger partial charge in [-0.15, -0.1) is 24.4 Å². The Morgan fingerprint density at radius 1 is 1.48 bits per heavy atom. The number of carbonyl (C=O) groups is 1. The first kappa shape index (κ1) is 18.4. The van der Waals surface area contributed by atoms with Gasteiger partial charge in [-0.25, -0.2) is 4.79 Å². The molecule has 7 heteroatoms. The van der Waals surface area contributed by atoms with E-state index in [9.17, 15) is 4.79 Å². The third kappa shape index (κ3) is 5.58. The first-order valence-corrected chi connectivity index (χ1v) is 9.37. The SMILES string of the molecule is CSC(S)OCc1ccc2c(n1)CCN(C(=O)OC(C)(C)C)C2. The van der Waals surface area contributed by atoms with Crippen molar-refractivity contribution in [2.24, 2.45) is 0 Å². The van der Waals surface area contributed by atoms with Crippen LogP contribution in [0.4, 0.5) is 4.79 Å². The minimum absolute atomic E-state index is 0.143. The van der Waals surface area contributed by atoms with Crippen LogP contribution in [-0.4, -0.2) is 39.1 Å². The van der Waals surface area contributed by atoms with E-state index >= 15 is 0 Å². The monoisotopic (exact) mass is 356 g/mol. The van der Waals surface area contributed by atoms with Crippen LogP contribution in [-0.2, 0) is 29.0 Å². The number of carbonyl (C=O) groups excluding carboxylic acids is 1. The average molecular weight is 357 g/mol. The molecular weight excluding hydrogens is 332 g/mol. The second kappa shape index (κ2) is 7.77. The minimum atomic E-state index is -0.475. The van der Waals surface area contributed by atoms with E-state index in [2.05, 4.69) is 17.6 Å². The van der Waals surface area contributed by atoms with E-state index in [1.165, 1.54) is 11.8 Å². The van der Waals surface area contributed by atoms with Crippen LogP contribution in [0.5, 0.6) is 0 Å². The average Bonchev–Trinajstić information content (AvgIpc) is 2.50. The normalized spacial score (nSPS) is 16.0. The third-order valence-electron chi connectivity index (χ3n) is 3.33. The lowest BCUT2D eigenvalue weighted by atomic mass is 10.1. The number of aromatic nitrogens is 1. The second-order valence-corrected chi connectivity index (χ2v) is 8.13. The van der Waals surface area contributed by atoms with Gasteiger partial charge in [0.25, 0.3) is 0 Å². The molecule has 1 aliphatic rings. The summed E-state index contributed by atoms with van der Waals surface area (Å²) >= 11 is 5.82. The maximum absolute atomic E-state index is 12.2. The second-order valence-electron chi connectivity index (χ2n) is 6.41. The zero-order valence-corrected chi connectivity index (χ0v) is 15.7. The van der Waals surface area contributed by atoms with E-state index in [4.69, 9.17) is 9.47 Å². The highest BCUT2D eigenvalue weighted by Gasteiger charge is 2.26. The molecule has 0 spiro atoms. The Balaban J connectivity index is 1.98. The van der Waals surface area contributed by atoms with Gasteiger partial charge in [0.05, 0.1) is 18.8 Å². The van der Waals surface area contributed by atoms with Crippen LogP contribution >= 0.6 is 24.4 Å². The summed E-state index contributed by atoms with van der Waals surface area (Å²) in [5.74, 6) is 0. The number of hydrogen-bond donors (Lipinski definition) is 1. The molecule has 0 saturated carbocycles. The molecule has 5 nitrogen and oxygen atoms in total. The van der Waals surface area contributed by atoms with Crippen LogP contribution in [0.15, 0.2) is 12.1 Å². The number of thiol groups is 1. The predicted octanol–water partition coefficient (Wildman–Crippen LogP) is 3.47. The molecule has 1 atom stereocenters. The molecule has 2 heterocycles. The maximum atomic E-state index is 12.2. The van der Waals surface area contributed by atoms with Gasteiger partial charge in [-0.3, -0.25) is 4.98 Å². The topological polar surface area (TPSA) is 51.7 Å². The number of hydrogen-bond acceptors (Lipinski definition) is 6. The van der Waals surface area contributed by atoms with Gasteiger partial charge in [0, 0.05) is 18.7 Å². The Labute approximate surface area is 147 Å². The van der Waals surface area contributed by atoms with Gasteiger partial charge >= 0.3 is 6.09 Å². The zero-order chi connectivity index (χ0) is 17.0. The lowest BCUT2D eigenvalue weighted by molar-refractivity contribution is 0.0222. The number of nitrogens with zero attached hydrogens (tertiary/aromatic N) is 2. The summed E-state index contributed by atoms with van der Waals surface area (Å²) < 4.78 is 10.8. The van der Waals surface area contributed by atoms with Crippen molar-refractivity contribution in [3.05, 3.63) is 29.1 Å². The van der Waals surface area contributed by atoms with E-state index in [0.717, 1.165) is 23.4 Å². The van der Waals surface area contributed by atoms with Gasteiger partial charge in [-0.1, -0.05) is 6.07 Å². The lowest BCUT2D eigenvalue weighted by Crippen LogP contribution is -2.40. The summed E-state index contributed by atoms with van der Waals surface area (Å²) in [6.45, 7) is 7.23. The molecule has 1 aromatic rings. The van der Waals surface area contributed by atoms with Gasteiger partial charge in [0.1, 0.15) is 10.4 Å². The van der Waals surface area contributed by atoms with Crippen LogP contribution in [0, 0.1) is 0 Å². The molecule has 23 heavy (non-hydrogen) atoms. The van der Waals surface area contributed by atoms with Crippen molar-refractivity contribution in [1.82, 2.24) is 9.88 Å². The van der Waals surface area contributed by atoms with E-state index in [-0.39, 0.29) is 10.9 Å². The third-order valence-corrected chi connectivity index (χ3v) is 4.65. The van der Waals surface area contributed by atoms with Crippen molar-refractivity contribution in [2.45, 2.75) is 50.7 Å². The molecule has 0 saturated heterocycles. The van der Waals surface area contributed by atoms with Crippen molar-refractivity contribution in [2.75, 3.05) is 12.8 Å². The van der Waals surface area contributed by atoms with Crippen molar-refractivity contribution < 1.29 is 14.3 Å². The molecule has 0 fully saturated rings. The zero-order valence-electron chi connectivity index (χ0n) is 14.0. The van der Waals surface area contributed by atoms with Gasteiger partial charge in [-0.2, -0.15) is 0 Å². The molecule has 0 radical (unpaired) electrons. The molecule has 2 rings (SSSR count). The Bertz CT molecular complexity index is 561. The fraction of sp³-hybridized carbons (Fsp3) is 0.625. The van der Waals surface area contributed by atoms with E-state index in [1.807, 2.05) is 39.2 Å². The van der Waals surface area contributed by atoms with Crippen molar-refractivity contribution >= 4 is 30.5 Å². The first-order chi connectivity index (χ1) is 10.8. The Morgan fingerprint density at radius 2 is 2.22 bits per heavy atom. The predicted molar refractivity (Wildman–Crippen MR) is 95.7 cm³/mol. The van der Waals surface area contributed by atoms with Crippen LogP contribution in [0.2, 0.25) is 0 Å². The lowest BCUT2D eigenvalue weighted by Gasteiger charge is -2.31. The van der Waals surface area contributed by atoms with E-state index in [1.54, 1.807) is 4.90 Å². The summed E-state index contributed by atoms with van der Waals surface area (Å²) in [4.78, 5) is 18.5. The van der Waals surface area contributed by atoms with E-state index < -0.39 is 5.60 Å². The van der Waals surface area contributed by atoms with Gasteiger partial charge < -0.3 is 14.4 Å². The molecule has 128 valence electrons. The summed E-state index contributed by atoms with van der Waals surface area (Å²) in [5.41, 5.74) is 2.52. The van der Waals surface area contributed by atoms with Crippen LogP contribution < -0.4 is 0 Å². The smallest absolute Gasteiger partial charge is 0.410 e. The summed E-state index contributed by atoms with van der Waals surface area (Å²) in [5, 5.41) is 0. The molecule has 0 bridgehead atoms. The van der Waals surface area contributed by atoms with Crippen LogP contribution in [0.1, 0.15) is 37.7 Å². The molecular formula is C16H24N2O3S2. The van der Waals surface area contributed by atoms with Crippen molar-refractivity contribution in [3.8, 4) is 0 Å². The number of amides is 1. The standard InChI is InChI=1S/C16H24N2O3S2/c1-16(2,3)21-14(19)18-8-7-13-11(9-18)5-6-12(17-13)10-20-15(22)23-4/h5-6,15,22H,7-10H2,1-4H3.